The number of carbonyl (C=O) groups is 2. The highest BCUT2D eigenvalue weighted by atomic mass is 32.2. The van der Waals surface area contributed by atoms with Gasteiger partial charge in [-0.25, -0.2) is 0 Å². The van der Waals surface area contributed by atoms with Gasteiger partial charge in [-0.15, -0.1) is 5.10 Å². The molecule has 3 rings (SSSR count). The van der Waals surface area contributed by atoms with Crippen LogP contribution in [0.2, 0.25) is 0 Å². The van der Waals surface area contributed by atoms with Gasteiger partial charge in [0.05, 0.1) is 11.5 Å². The van der Waals surface area contributed by atoms with E-state index in [9.17, 15) is 9.59 Å². The van der Waals surface area contributed by atoms with Crippen molar-refractivity contribution in [3.8, 4) is 0 Å². The first-order valence-electron chi connectivity index (χ1n) is 7.64. The monoisotopic (exact) mass is 352 g/mol. The fourth-order valence-electron chi connectivity index (χ4n) is 2.23. The van der Waals surface area contributed by atoms with Crippen molar-refractivity contribution in [1.29, 1.82) is 0 Å². The maximum atomic E-state index is 12.2. The zero-order valence-corrected chi connectivity index (χ0v) is 14.1. The average Bonchev–Trinajstić information content (AvgIpc) is 2.97. The fourth-order valence-corrected chi connectivity index (χ4v) is 3.15. The Morgan fingerprint density at radius 3 is 2.60 bits per heavy atom. The van der Waals surface area contributed by atoms with Gasteiger partial charge in [-0.05, 0) is 17.7 Å². The summed E-state index contributed by atoms with van der Waals surface area (Å²) in [7, 11) is 0. The van der Waals surface area contributed by atoms with E-state index < -0.39 is 5.25 Å². The van der Waals surface area contributed by atoms with Crippen LogP contribution in [-0.2, 0) is 4.79 Å². The first-order chi connectivity index (χ1) is 12.1. The molecule has 1 saturated heterocycles. The number of hydrogen-bond donors (Lipinski definition) is 2. The number of nitrogens with zero attached hydrogens (tertiary/aromatic N) is 2. The van der Waals surface area contributed by atoms with Gasteiger partial charge in [-0.3, -0.25) is 9.59 Å². The number of anilines is 1. The van der Waals surface area contributed by atoms with Crippen molar-refractivity contribution in [3.63, 3.8) is 0 Å². The van der Waals surface area contributed by atoms with Crippen molar-refractivity contribution >= 4 is 40.5 Å². The summed E-state index contributed by atoms with van der Waals surface area (Å²) in [6.07, 6.45) is 1.70. The molecule has 2 aromatic rings. The number of thioether (sulfide) groups is 1. The van der Waals surface area contributed by atoms with Crippen LogP contribution in [0, 0.1) is 0 Å². The first-order valence-corrected chi connectivity index (χ1v) is 8.52. The highest BCUT2D eigenvalue weighted by molar-refractivity contribution is 8.15. The zero-order chi connectivity index (χ0) is 17.6. The van der Waals surface area contributed by atoms with Crippen LogP contribution in [0.15, 0.2) is 64.8 Å². The largest absolute Gasteiger partial charge is 0.399 e. The third kappa shape index (κ3) is 4.54. The van der Waals surface area contributed by atoms with Crippen LogP contribution in [0.25, 0.3) is 0 Å². The lowest BCUT2D eigenvalue weighted by atomic mass is 10.1. The highest BCUT2D eigenvalue weighted by Gasteiger charge is 2.32. The summed E-state index contributed by atoms with van der Waals surface area (Å²) in [6, 6.07) is 16.1. The number of carbonyl (C=O) groups excluding carboxylic acids is 2. The van der Waals surface area contributed by atoms with Gasteiger partial charge in [0.2, 0.25) is 5.91 Å². The lowest BCUT2D eigenvalue weighted by Crippen LogP contribution is -2.26. The number of nitrogens with two attached hydrogens (primary N) is 1. The van der Waals surface area contributed by atoms with Gasteiger partial charge < -0.3 is 11.1 Å². The minimum atomic E-state index is -0.488. The molecule has 7 heteroatoms. The third-order valence-corrected chi connectivity index (χ3v) is 4.61. The van der Waals surface area contributed by atoms with E-state index in [1.54, 1.807) is 42.6 Å². The molecule has 1 aliphatic heterocycles. The minimum absolute atomic E-state index is 0.0696. The molecule has 126 valence electrons. The second kappa shape index (κ2) is 7.76. The number of ketones is 1. The smallest absolute Gasteiger partial charge is 0.240 e. The SMILES string of the molecule is Nc1ccc(/C=N\N=C2\NC(=O)C(CC(=O)c3ccccc3)S2)cc1. The molecule has 1 amide bonds. The molecule has 6 nitrogen and oxygen atoms in total. The number of hydrogen-bond acceptors (Lipinski definition) is 6. The van der Waals surface area contributed by atoms with Crippen molar-refractivity contribution in [3.05, 3.63) is 65.7 Å². The van der Waals surface area contributed by atoms with E-state index in [0.29, 0.717) is 16.4 Å². The number of Topliss-reactive ketones (excluding diaryl/α,β-unsaturated/α-hetero) is 1. The maximum absolute atomic E-state index is 12.2. The molecule has 0 aliphatic carbocycles. The summed E-state index contributed by atoms with van der Waals surface area (Å²) < 4.78 is 0. The summed E-state index contributed by atoms with van der Waals surface area (Å²) >= 11 is 1.21. The Kier molecular flexibility index (Phi) is 5.25. The van der Waals surface area contributed by atoms with E-state index in [1.807, 2.05) is 18.2 Å². The van der Waals surface area contributed by atoms with Gasteiger partial charge in [-0.1, -0.05) is 54.2 Å². The molecular formula is C18H16N4O2S. The number of amides is 1. The Morgan fingerprint density at radius 1 is 1.16 bits per heavy atom. The predicted molar refractivity (Wildman–Crippen MR) is 101 cm³/mol. The van der Waals surface area contributed by atoms with Gasteiger partial charge >= 0.3 is 0 Å². The Hall–Kier alpha value is -2.93. The molecular weight excluding hydrogens is 336 g/mol. The molecule has 0 saturated carbocycles. The van der Waals surface area contributed by atoms with Crippen LogP contribution in [0.5, 0.6) is 0 Å². The zero-order valence-electron chi connectivity index (χ0n) is 13.3. The molecule has 1 aliphatic rings. The van der Waals surface area contributed by atoms with E-state index >= 15 is 0 Å². The quantitative estimate of drug-likeness (QED) is 0.374. The average molecular weight is 352 g/mol. The number of benzene rings is 2. The van der Waals surface area contributed by atoms with Crippen LogP contribution in [-0.4, -0.2) is 28.3 Å². The van der Waals surface area contributed by atoms with E-state index in [2.05, 4.69) is 15.5 Å². The number of amidine groups is 1. The second-order valence-electron chi connectivity index (χ2n) is 5.41. The first kappa shape index (κ1) is 16.9. The van der Waals surface area contributed by atoms with Crippen LogP contribution < -0.4 is 11.1 Å². The molecule has 0 radical (unpaired) electrons. The van der Waals surface area contributed by atoms with Crippen molar-refractivity contribution in [2.24, 2.45) is 10.2 Å². The number of rotatable bonds is 5. The molecule has 0 spiro atoms. The van der Waals surface area contributed by atoms with E-state index in [1.165, 1.54) is 11.8 Å². The van der Waals surface area contributed by atoms with Crippen LogP contribution in [0.4, 0.5) is 5.69 Å². The summed E-state index contributed by atoms with van der Waals surface area (Å²) in [6.45, 7) is 0. The highest BCUT2D eigenvalue weighted by Crippen LogP contribution is 2.24. The number of nitrogens with one attached hydrogen (secondary N) is 1. The molecule has 0 aromatic heterocycles. The summed E-state index contributed by atoms with van der Waals surface area (Å²) in [5.41, 5.74) is 7.74. The number of nitrogen functional groups attached to an aromatic ring is 1. The molecule has 0 bridgehead atoms. The predicted octanol–water partition coefficient (Wildman–Crippen LogP) is 2.46. The van der Waals surface area contributed by atoms with Crippen LogP contribution in [0.3, 0.4) is 0 Å². The van der Waals surface area contributed by atoms with Crippen molar-refractivity contribution < 1.29 is 9.59 Å². The Morgan fingerprint density at radius 2 is 1.88 bits per heavy atom. The van der Waals surface area contributed by atoms with Crippen molar-refractivity contribution in [2.45, 2.75) is 11.7 Å². The fraction of sp³-hybridized carbons (Fsp3) is 0.111. The van der Waals surface area contributed by atoms with Gasteiger partial charge in [0.25, 0.3) is 0 Å². The second-order valence-corrected chi connectivity index (χ2v) is 6.60. The summed E-state index contributed by atoms with van der Waals surface area (Å²) in [4.78, 5) is 24.2. The topological polar surface area (TPSA) is 96.9 Å². The molecule has 2 aromatic carbocycles. The van der Waals surface area contributed by atoms with E-state index in [0.717, 1.165) is 5.56 Å². The molecule has 1 unspecified atom stereocenters. The van der Waals surface area contributed by atoms with E-state index in [4.69, 9.17) is 5.73 Å². The Labute approximate surface area is 149 Å². The van der Waals surface area contributed by atoms with E-state index in [-0.39, 0.29) is 18.1 Å². The minimum Gasteiger partial charge on any atom is -0.399 e. The molecule has 3 N–H and O–H groups in total. The van der Waals surface area contributed by atoms with Crippen LogP contribution >= 0.6 is 11.8 Å². The molecule has 1 heterocycles. The van der Waals surface area contributed by atoms with Crippen LogP contribution in [0.1, 0.15) is 22.3 Å². The molecule has 1 fully saturated rings. The third-order valence-electron chi connectivity index (χ3n) is 3.53. The van der Waals surface area contributed by atoms with Crippen molar-refractivity contribution in [2.75, 3.05) is 5.73 Å². The summed E-state index contributed by atoms with van der Waals surface area (Å²) in [5, 5.41) is 10.5. The van der Waals surface area contributed by atoms with Gasteiger partial charge in [0.1, 0.15) is 0 Å². The van der Waals surface area contributed by atoms with Gasteiger partial charge in [-0.2, -0.15) is 5.10 Å². The molecule has 25 heavy (non-hydrogen) atoms. The van der Waals surface area contributed by atoms with Gasteiger partial charge in [0.15, 0.2) is 11.0 Å². The normalized spacial score (nSPS) is 18.6. The van der Waals surface area contributed by atoms with Crippen molar-refractivity contribution in [1.82, 2.24) is 5.32 Å². The molecule has 1 atom stereocenters. The Balaban J connectivity index is 1.60. The van der Waals surface area contributed by atoms with Gasteiger partial charge in [0, 0.05) is 17.7 Å². The lowest BCUT2D eigenvalue weighted by Gasteiger charge is -2.04. The lowest BCUT2D eigenvalue weighted by molar-refractivity contribution is -0.118. The Bertz CT molecular complexity index is 832. The standard InChI is InChI=1S/C18H16N4O2S/c19-14-8-6-12(7-9-14)11-20-22-18-21-17(24)16(25-18)10-15(23)13-4-2-1-3-5-13/h1-9,11,16H,10,19H2,(H,21,22,24)/b20-11-. The summed E-state index contributed by atoms with van der Waals surface area (Å²) in [5.74, 6) is -0.296. The maximum Gasteiger partial charge on any atom is 0.240 e.